The van der Waals surface area contributed by atoms with Crippen LogP contribution in [0.25, 0.3) is 0 Å². The van der Waals surface area contributed by atoms with Crippen LogP contribution in [-0.4, -0.2) is 53.8 Å². The minimum atomic E-state index is -1.03. The molecule has 1 saturated carbocycles. The van der Waals surface area contributed by atoms with Crippen molar-refractivity contribution in [2.24, 2.45) is 17.8 Å². The van der Waals surface area contributed by atoms with E-state index in [1.807, 2.05) is 13.8 Å². The number of carbonyl (C=O) groups is 1. The first kappa shape index (κ1) is 26.6. The van der Waals surface area contributed by atoms with Crippen LogP contribution in [0.5, 0.6) is 5.75 Å². The van der Waals surface area contributed by atoms with E-state index in [1.165, 1.54) is 6.08 Å². The molecule has 0 amide bonds. The molecule has 2 aliphatic rings. The minimum absolute atomic E-state index is 0.0460. The van der Waals surface area contributed by atoms with Gasteiger partial charge in [-0.25, -0.2) is 8.78 Å². The van der Waals surface area contributed by atoms with E-state index in [0.29, 0.717) is 25.4 Å². The molecule has 0 bridgehead atoms. The Morgan fingerprint density at radius 2 is 2.09 bits per heavy atom. The Balaban J connectivity index is 1.47. The molecular weight excluding hydrogens is 446 g/mol. The molecule has 0 spiro atoms. The van der Waals surface area contributed by atoms with Gasteiger partial charge in [0.05, 0.1) is 18.3 Å². The summed E-state index contributed by atoms with van der Waals surface area (Å²) in [5.41, 5.74) is 0. The second-order valence-corrected chi connectivity index (χ2v) is 9.63. The van der Waals surface area contributed by atoms with Crippen LogP contribution in [0.1, 0.15) is 52.4 Å². The Labute approximate surface area is 199 Å². The smallest absolute Gasteiger partial charge is 0.306 e. The van der Waals surface area contributed by atoms with Crippen LogP contribution >= 0.6 is 0 Å². The Bertz CT molecular complexity index is 830. The van der Waals surface area contributed by atoms with Gasteiger partial charge in [-0.05, 0) is 63.5 Å². The molecule has 0 aromatic heterocycles. The number of esters is 1. The zero-order valence-electron chi connectivity index (χ0n) is 19.9. The lowest BCUT2D eigenvalue weighted by molar-refractivity contribution is -0.147. The van der Waals surface area contributed by atoms with Crippen molar-refractivity contribution in [2.75, 3.05) is 13.2 Å². The number of benzene rings is 1. The fraction of sp³-hybridized carbons (Fsp3) is 0.654. The predicted molar refractivity (Wildman–Crippen MR) is 122 cm³/mol. The Morgan fingerprint density at radius 1 is 1.29 bits per heavy atom. The third kappa shape index (κ3) is 7.75. The first-order valence-corrected chi connectivity index (χ1v) is 12.2. The van der Waals surface area contributed by atoms with Crippen LogP contribution in [0.2, 0.25) is 0 Å². The van der Waals surface area contributed by atoms with E-state index in [4.69, 9.17) is 14.2 Å². The molecule has 2 N–H and O–H groups in total. The molecule has 34 heavy (non-hydrogen) atoms. The SMILES string of the molecule is CC(C)OC(=O)CCC[C@@H]1CC[C@@H]2[C@@H](/C=C/[C@@H](O)COc3cc(F)ccc3F)[C@H](O)C[C@@H]2OC1. The van der Waals surface area contributed by atoms with Crippen molar-refractivity contribution < 1.29 is 38.0 Å². The minimum Gasteiger partial charge on any atom is -0.487 e. The van der Waals surface area contributed by atoms with Crippen LogP contribution in [0.15, 0.2) is 30.4 Å². The number of aliphatic hydroxyl groups is 2. The van der Waals surface area contributed by atoms with Crippen molar-refractivity contribution in [2.45, 2.75) is 76.8 Å². The molecule has 0 unspecified atom stereocenters. The molecule has 8 heteroatoms. The molecule has 1 aliphatic heterocycles. The molecule has 6 nitrogen and oxygen atoms in total. The van der Waals surface area contributed by atoms with Crippen LogP contribution < -0.4 is 4.74 Å². The maximum absolute atomic E-state index is 13.7. The number of rotatable bonds is 10. The zero-order valence-corrected chi connectivity index (χ0v) is 19.9. The third-order valence-electron chi connectivity index (χ3n) is 6.56. The van der Waals surface area contributed by atoms with Gasteiger partial charge in [0.15, 0.2) is 11.6 Å². The van der Waals surface area contributed by atoms with E-state index in [-0.39, 0.29) is 42.4 Å². The summed E-state index contributed by atoms with van der Waals surface area (Å²) in [6.07, 6.45) is 6.02. The number of aliphatic hydroxyl groups excluding tert-OH is 2. The monoisotopic (exact) mass is 482 g/mol. The highest BCUT2D eigenvalue weighted by molar-refractivity contribution is 5.69. The lowest BCUT2D eigenvalue weighted by atomic mass is 9.86. The molecule has 1 aromatic carbocycles. The van der Waals surface area contributed by atoms with E-state index in [9.17, 15) is 23.8 Å². The summed E-state index contributed by atoms with van der Waals surface area (Å²) in [7, 11) is 0. The van der Waals surface area contributed by atoms with Crippen molar-refractivity contribution in [3.05, 3.63) is 42.0 Å². The molecule has 0 radical (unpaired) electrons. The van der Waals surface area contributed by atoms with Crippen LogP contribution in [0.3, 0.4) is 0 Å². The summed E-state index contributed by atoms with van der Waals surface area (Å²) in [6, 6.07) is 2.90. The van der Waals surface area contributed by atoms with Gasteiger partial charge in [-0.2, -0.15) is 0 Å². The summed E-state index contributed by atoms with van der Waals surface area (Å²) >= 11 is 0. The van der Waals surface area contributed by atoms with E-state index in [0.717, 1.165) is 43.9 Å². The van der Waals surface area contributed by atoms with Gasteiger partial charge in [0.1, 0.15) is 18.5 Å². The molecule has 6 atom stereocenters. The van der Waals surface area contributed by atoms with Gasteiger partial charge in [0.2, 0.25) is 0 Å². The first-order valence-electron chi connectivity index (χ1n) is 12.2. The Hall–Kier alpha value is -2.03. The lowest BCUT2D eigenvalue weighted by Gasteiger charge is -2.21. The van der Waals surface area contributed by atoms with Gasteiger partial charge >= 0.3 is 5.97 Å². The van der Waals surface area contributed by atoms with Crippen molar-refractivity contribution >= 4 is 5.97 Å². The quantitative estimate of drug-likeness (QED) is 0.385. The average molecular weight is 483 g/mol. The molecule has 1 saturated heterocycles. The van der Waals surface area contributed by atoms with Crippen molar-refractivity contribution in [1.29, 1.82) is 0 Å². The molecule has 190 valence electrons. The van der Waals surface area contributed by atoms with E-state index < -0.39 is 23.8 Å². The molecular formula is C26H36F2O6. The van der Waals surface area contributed by atoms with Crippen LogP contribution in [-0.2, 0) is 14.3 Å². The van der Waals surface area contributed by atoms with Crippen LogP contribution in [0, 0.1) is 29.4 Å². The highest BCUT2D eigenvalue weighted by Crippen LogP contribution is 2.42. The number of ether oxygens (including phenoxy) is 3. The van der Waals surface area contributed by atoms with Crippen molar-refractivity contribution in [1.82, 2.24) is 0 Å². The molecule has 2 fully saturated rings. The molecule has 3 rings (SSSR count). The molecule has 1 heterocycles. The lowest BCUT2D eigenvalue weighted by Crippen LogP contribution is -2.22. The van der Waals surface area contributed by atoms with E-state index in [1.54, 1.807) is 6.08 Å². The fourth-order valence-electron chi connectivity index (χ4n) is 4.87. The third-order valence-corrected chi connectivity index (χ3v) is 6.56. The number of hydrogen-bond acceptors (Lipinski definition) is 6. The summed E-state index contributed by atoms with van der Waals surface area (Å²) in [6.45, 7) is 4.06. The second kappa shape index (κ2) is 12.6. The standard InChI is InChI=1S/C26H36F2O6/c1-16(2)34-26(31)5-3-4-17-6-9-21-20(23(30)13-24(21)32-14-17)10-8-19(29)15-33-25-12-18(27)7-11-22(25)28/h7-8,10-12,16-17,19-21,23-24,29-30H,3-6,9,13-15H2,1-2H3/b10-8+/t17-,19-,20-,21-,23-,24+/m1/s1. The Kier molecular flexibility index (Phi) is 9.85. The maximum atomic E-state index is 13.7. The van der Waals surface area contributed by atoms with Gasteiger partial charge in [-0.3, -0.25) is 4.79 Å². The summed E-state index contributed by atoms with van der Waals surface area (Å²) < 4.78 is 43.4. The molecule has 1 aliphatic carbocycles. The van der Waals surface area contributed by atoms with Gasteiger partial charge in [-0.1, -0.05) is 12.2 Å². The van der Waals surface area contributed by atoms with E-state index in [2.05, 4.69) is 0 Å². The summed E-state index contributed by atoms with van der Waals surface area (Å²) in [5, 5.41) is 20.8. The fourth-order valence-corrected chi connectivity index (χ4v) is 4.87. The van der Waals surface area contributed by atoms with Gasteiger partial charge in [-0.15, -0.1) is 0 Å². The van der Waals surface area contributed by atoms with Crippen LogP contribution in [0.4, 0.5) is 8.78 Å². The topological polar surface area (TPSA) is 85.2 Å². The largest absolute Gasteiger partial charge is 0.487 e. The molecule has 1 aromatic rings. The van der Waals surface area contributed by atoms with E-state index >= 15 is 0 Å². The second-order valence-electron chi connectivity index (χ2n) is 9.63. The first-order chi connectivity index (χ1) is 16.2. The van der Waals surface area contributed by atoms with Gasteiger partial charge in [0.25, 0.3) is 0 Å². The number of hydrogen-bond donors (Lipinski definition) is 2. The van der Waals surface area contributed by atoms with Crippen molar-refractivity contribution in [3.63, 3.8) is 0 Å². The highest BCUT2D eigenvalue weighted by Gasteiger charge is 2.43. The zero-order chi connectivity index (χ0) is 24.7. The number of halogens is 2. The average Bonchev–Trinajstić information content (AvgIpc) is 2.94. The van der Waals surface area contributed by atoms with Crippen molar-refractivity contribution in [3.8, 4) is 5.75 Å². The normalized spacial score (nSPS) is 28.0. The van der Waals surface area contributed by atoms with Gasteiger partial charge in [0, 0.05) is 31.4 Å². The Morgan fingerprint density at radius 3 is 2.85 bits per heavy atom. The summed E-state index contributed by atoms with van der Waals surface area (Å²) in [5.74, 6) is -1.41. The van der Waals surface area contributed by atoms with Gasteiger partial charge < -0.3 is 24.4 Å². The summed E-state index contributed by atoms with van der Waals surface area (Å²) in [4.78, 5) is 11.7. The predicted octanol–water partition coefficient (Wildman–Crippen LogP) is 4.17. The number of carbonyl (C=O) groups excluding carboxylic acids is 1. The number of fused-ring (bicyclic) bond motifs is 1. The highest BCUT2D eigenvalue weighted by atomic mass is 19.1. The maximum Gasteiger partial charge on any atom is 0.306 e.